The predicted octanol–water partition coefficient (Wildman–Crippen LogP) is 4.92. The van der Waals surface area contributed by atoms with E-state index in [0.717, 1.165) is 22.3 Å². The Labute approximate surface area is 160 Å². The summed E-state index contributed by atoms with van der Waals surface area (Å²) in [6.07, 6.45) is 5.37. The number of hydrogen-bond acceptors (Lipinski definition) is 5. The van der Waals surface area contributed by atoms with Crippen molar-refractivity contribution in [3.8, 4) is 0 Å². The molecule has 1 aliphatic carbocycles. The molecule has 0 spiro atoms. The van der Waals surface area contributed by atoms with E-state index < -0.39 is 0 Å². The van der Waals surface area contributed by atoms with Gasteiger partial charge in [-0.2, -0.15) is 0 Å². The average Bonchev–Trinajstić information content (AvgIpc) is 2.80. The minimum absolute atomic E-state index is 0.355. The third kappa shape index (κ3) is 3.29. The Morgan fingerprint density at radius 3 is 2.58 bits per heavy atom. The van der Waals surface area contributed by atoms with Crippen molar-refractivity contribution in [1.29, 1.82) is 0 Å². The van der Waals surface area contributed by atoms with Crippen LogP contribution in [0.1, 0.15) is 45.6 Å². The summed E-state index contributed by atoms with van der Waals surface area (Å²) in [6.45, 7) is 10.3. The molecule has 2 aliphatic rings. The van der Waals surface area contributed by atoms with Crippen LogP contribution in [0.5, 0.6) is 0 Å². The molecule has 1 saturated carbocycles. The third-order valence-electron chi connectivity index (χ3n) is 5.75. The quantitative estimate of drug-likeness (QED) is 0.779. The molecule has 2 atom stereocenters. The van der Waals surface area contributed by atoms with Gasteiger partial charge in [0.2, 0.25) is 0 Å². The Morgan fingerprint density at radius 2 is 1.85 bits per heavy atom. The summed E-state index contributed by atoms with van der Waals surface area (Å²) in [6, 6.07) is 9.00. The molecule has 4 rings (SSSR count). The summed E-state index contributed by atoms with van der Waals surface area (Å²) in [7, 11) is 0. The molecule has 5 heteroatoms. The van der Waals surface area contributed by atoms with Crippen LogP contribution in [0.25, 0.3) is 0 Å². The van der Waals surface area contributed by atoms with E-state index in [1.165, 1.54) is 24.8 Å². The van der Waals surface area contributed by atoms with Crippen LogP contribution in [0.15, 0.2) is 40.5 Å². The average molecular weight is 369 g/mol. The number of fused-ring (bicyclic) bond motifs is 2. The molecule has 0 amide bonds. The van der Waals surface area contributed by atoms with Crippen molar-refractivity contribution in [2.45, 2.75) is 62.9 Å². The lowest BCUT2D eigenvalue weighted by Gasteiger charge is -2.39. The molecule has 2 heterocycles. The number of anilines is 2. The van der Waals surface area contributed by atoms with Gasteiger partial charge in [0, 0.05) is 17.5 Å². The fraction of sp³-hybridized carbons (Fsp3) is 0.524. The van der Waals surface area contributed by atoms with E-state index in [1.807, 2.05) is 0 Å². The molecule has 2 bridgehead atoms. The standard InChI is InChI=1S/C21H28N4S/c1-14-5-7-16(8-6-14)26-19-17(22)18(23-13-24-19)25-12-21(4)10-15(25)9-20(2,3)11-21/h5-8,13,15H,9-12,22H2,1-4H3. The smallest absolute Gasteiger partial charge is 0.156 e. The number of hydrogen-bond donors (Lipinski definition) is 1. The summed E-state index contributed by atoms with van der Waals surface area (Å²) in [4.78, 5) is 12.7. The number of benzene rings is 1. The van der Waals surface area contributed by atoms with Crippen LogP contribution in [0.4, 0.5) is 11.5 Å². The highest BCUT2D eigenvalue weighted by Gasteiger charge is 2.50. The number of nitrogens with two attached hydrogens (primary N) is 1. The molecule has 0 radical (unpaired) electrons. The second-order valence-electron chi connectivity index (χ2n) is 9.17. The Kier molecular flexibility index (Phi) is 4.18. The third-order valence-corrected chi connectivity index (χ3v) is 6.78. The van der Waals surface area contributed by atoms with Crippen LogP contribution in [-0.4, -0.2) is 22.6 Å². The molecule has 1 saturated heterocycles. The van der Waals surface area contributed by atoms with Crippen molar-refractivity contribution in [1.82, 2.24) is 9.97 Å². The van der Waals surface area contributed by atoms with E-state index >= 15 is 0 Å². The van der Waals surface area contributed by atoms with Crippen molar-refractivity contribution in [2.75, 3.05) is 17.2 Å². The molecule has 138 valence electrons. The lowest BCUT2D eigenvalue weighted by Crippen LogP contribution is -2.35. The Balaban J connectivity index is 1.63. The van der Waals surface area contributed by atoms with E-state index in [-0.39, 0.29) is 0 Å². The van der Waals surface area contributed by atoms with Crippen LogP contribution in [-0.2, 0) is 0 Å². The van der Waals surface area contributed by atoms with Crippen LogP contribution >= 0.6 is 11.8 Å². The van der Waals surface area contributed by atoms with Gasteiger partial charge < -0.3 is 10.6 Å². The molecular weight excluding hydrogens is 340 g/mol. The SMILES string of the molecule is Cc1ccc(Sc2ncnc(N3CC4(C)CC3CC(C)(C)C4)c2N)cc1. The second-order valence-corrected chi connectivity index (χ2v) is 10.2. The first-order chi connectivity index (χ1) is 12.2. The van der Waals surface area contributed by atoms with Crippen molar-refractivity contribution >= 4 is 23.3 Å². The second kappa shape index (κ2) is 6.15. The van der Waals surface area contributed by atoms with Crippen LogP contribution in [0.3, 0.4) is 0 Å². The minimum Gasteiger partial charge on any atom is -0.394 e. The highest BCUT2D eigenvalue weighted by Crippen LogP contribution is 2.54. The molecular formula is C21H28N4S. The zero-order valence-electron chi connectivity index (χ0n) is 16.1. The highest BCUT2D eigenvalue weighted by atomic mass is 32.2. The largest absolute Gasteiger partial charge is 0.394 e. The molecule has 1 aromatic carbocycles. The Hall–Kier alpha value is -1.75. The first-order valence-corrected chi connectivity index (χ1v) is 10.2. The van der Waals surface area contributed by atoms with Crippen LogP contribution in [0, 0.1) is 17.8 Å². The van der Waals surface area contributed by atoms with Gasteiger partial charge in [-0.05, 0) is 49.1 Å². The monoisotopic (exact) mass is 368 g/mol. The topological polar surface area (TPSA) is 55.0 Å². The molecule has 2 fully saturated rings. The fourth-order valence-corrected chi connectivity index (χ4v) is 5.90. The maximum absolute atomic E-state index is 6.55. The van der Waals surface area contributed by atoms with Gasteiger partial charge in [0.05, 0.1) is 0 Å². The lowest BCUT2D eigenvalue weighted by atomic mass is 9.65. The van der Waals surface area contributed by atoms with Crippen LogP contribution < -0.4 is 10.6 Å². The molecule has 2 unspecified atom stereocenters. The van der Waals surface area contributed by atoms with Gasteiger partial charge in [-0.25, -0.2) is 9.97 Å². The van der Waals surface area contributed by atoms with Gasteiger partial charge in [0.1, 0.15) is 17.0 Å². The molecule has 2 aromatic rings. The first kappa shape index (κ1) is 17.7. The summed E-state index contributed by atoms with van der Waals surface area (Å²) in [5, 5.41) is 0.852. The molecule has 4 nitrogen and oxygen atoms in total. The Morgan fingerprint density at radius 1 is 1.12 bits per heavy atom. The number of nitrogen functional groups attached to an aromatic ring is 1. The van der Waals surface area contributed by atoms with E-state index in [2.05, 4.69) is 66.8 Å². The van der Waals surface area contributed by atoms with E-state index in [4.69, 9.17) is 5.73 Å². The fourth-order valence-electron chi connectivity index (χ4n) is 5.11. The normalized spacial score (nSPS) is 26.9. The summed E-state index contributed by atoms with van der Waals surface area (Å²) < 4.78 is 0. The molecule has 1 aromatic heterocycles. The molecule has 26 heavy (non-hydrogen) atoms. The number of nitrogens with zero attached hydrogens (tertiary/aromatic N) is 3. The van der Waals surface area contributed by atoms with Gasteiger partial charge in [-0.15, -0.1) is 0 Å². The number of aryl methyl sites for hydroxylation is 1. The zero-order valence-corrected chi connectivity index (χ0v) is 16.9. The van der Waals surface area contributed by atoms with Gasteiger partial charge in [-0.1, -0.05) is 50.2 Å². The van der Waals surface area contributed by atoms with Gasteiger partial charge in [-0.3, -0.25) is 0 Å². The van der Waals surface area contributed by atoms with Crippen molar-refractivity contribution in [3.05, 3.63) is 36.2 Å². The number of aromatic nitrogens is 2. The predicted molar refractivity (Wildman–Crippen MR) is 109 cm³/mol. The maximum atomic E-state index is 6.55. The van der Waals surface area contributed by atoms with Crippen molar-refractivity contribution in [3.63, 3.8) is 0 Å². The van der Waals surface area contributed by atoms with E-state index in [9.17, 15) is 0 Å². The van der Waals surface area contributed by atoms with Gasteiger partial charge >= 0.3 is 0 Å². The molecule has 1 aliphatic heterocycles. The summed E-state index contributed by atoms with van der Waals surface area (Å²) in [5.41, 5.74) is 9.26. The minimum atomic E-state index is 0.355. The highest BCUT2D eigenvalue weighted by molar-refractivity contribution is 7.99. The first-order valence-electron chi connectivity index (χ1n) is 9.36. The zero-order chi connectivity index (χ0) is 18.5. The molecule has 2 N–H and O–H groups in total. The van der Waals surface area contributed by atoms with E-state index in [0.29, 0.717) is 22.6 Å². The number of rotatable bonds is 3. The van der Waals surface area contributed by atoms with Gasteiger partial charge in [0.25, 0.3) is 0 Å². The van der Waals surface area contributed by atoms with E-state index in [1.54, 1.807) is 18.1 Å². The van der Waals surface area contributed by atoms with Crippen LogP contribution in [0.2, 0.25) is 0 Å². The lowest BCUT2D eigenvalue weighted by molar-refractivity contribution is 0.136. The van der Waals surface area contributed by atoms with Gasteiger partial charge in [0.15, 0.2) is 5.82 Å². The summed E-state index contributed by atoms with van der Waals surface area (Å²) >= 11 is 1.62. The van der Waals surface area contributed by atoms with Crippen molar-refractivity contribution < 1.29 is 0 Å². The van der Waals surface area contributed by atoms with Crippen molar-refractivity contribution in [2.24, 2.45) is 10.8 Å². The maximum Gasteiger partial charge on any atom is 0.156 e. The summed E-state index contributed by atoms with van der Waals surface area (Å²) in [5.74, 6) is 0.918. The Bertz CT molecular complexity index is 817.